The van der Waals surface area contributed by atoms with E-state index in [1.165, 1.54) is 4.90 Å². The second kappa shape index (κ2) is 6.41. The molecule has 2 aromatic carbocycles. The first-order chi connectivity index (χ1) is 12.2. The predicted octanol–water partition coefficient (Wildman–Crippen LogP) is 1.45. The van der Waals surface area contributed by atoms with Crippen LogP contribution in [0.15, 0.2) is 76.2 Å². The van der Waals surface area contributed by atoms with Crippen LogP contribution in [0.5, 0.6) is 0 Å². The molecule has 0 aliphatic heterocycles. The van der Waals surface area contributed by atoms with Gasteiger partial charge in [0.15, 0.2) is 12.3 Å². The average molecular weight is 335 g/mol. The van der Waals surface area contributed by atoms with Gasteiger partial charge >= 0.3 is 5.76 Å². The first-order valence-corrected chi connectivity index (χ1v) is 8.19. The Balaban J connectivity index is 1.51. The number of fused-ring (bicyclic) bond motifs is 1. The molecule has 2 heterocycles. The highest BCUT2D eigenvalue weighted by Crippen LogP contribution is 2.10. The van der Waals surface area contributed by atoms with Crippen LogP contribution >= 0.6 is 0 Å². The molecule has 0 amide bonds. The van der Waals surface area contributed by atoms with Crippen LogP contribution in [0.2, 0.25) is 0 Å². The van der Waals surface area contributed by atoms with Crippen molar-refractivity contribution in [3.05, 3.63) is 83.1 Å². The van der Waals surface area contributed by atoms with Crippen molar-refractivity contribution in [1.82, 2.24) is 14.3 Å². The van der Waals surface area contributed by atoms with E-state index in [1.54, 1.807) is 4.57 Å². The molecule has 0 radical (unpaired) electrons. The number of hydrogen-bond acceptors (Lipinski definition) is 3. The van der Waals surface area contributed by atoms with Gasteiger partial charge in [-0.05, 0) is 24.3 Å². The van der Waals surface area contributed by atoms with Gasteiger partial charge in [-0.15, -0.1) is 0 Å². The Morgan fingerprint density at radius 1 is 1.08 bits per heavy atom. The number of nitrogens with one attached hydrogen (secondary N) is 1. The maximum Gasteiger partial charge on any atom is 0.424 e. The van der Waals surface area contributed by atoms with Crippen LogP contribution in [0.4, 0.5) is 0 Å². The van der Waals surface area contributed by atoms with Gasteiger partial charge in [-0.25, -0.2) is 14.0 Å². The van der Waals surface area contributed by atoms with Gasteiger partial charge in [0.1, 0.15) is 6.54 Å². The molecule has 4 rings (SSSR count). The number of quaternary nitrogens is 1. The van der Waals surface area contributed by atoms with E-state index in [2.05, 4.69) is 5.10 Å². The van der Waals surface area contributed by atoms with Gasteiger partial charge in [-0.2, -0.15) is 5.10 Å². The van der Waals surface area contributed by atoms with E-state index in [1.807, 2.05) is 78.7 Å². The fourth-order valence-electron chi connectivity index (χ4n) is 3.01. The zero-order valence-electron chi connectivity index (χ0n) is 13.9. The molecule has 0 aliphatic rings. The third-order valence-corrected chi connectivity index (χ3v) is 4.16. The Labute approximate surface area is 144 Å². The molecule has 25 heavy (non-hydrogen) atoms. The van der Waals surface area contributed by atoms with E-state index < -0.39 is 0 Å². The third kappa shape index (κ3) is 3.12. The number of nitrogens with zero attached hydrogens (tertiary/aromatic N) is 3. The Hall–Kier alpha value is -3.12. The molecule has 6 nitrogen and oxygen atoms in total. The van der Waals surface area contributed by atoms with E-state index >= 15 is 0 Å². The molecular formula is C19H19N4O2+. The first-order valence-electron chi connectivity index (χ1n) is 8.19. The molecule has 0 fully saturated rings. The Morgan fingerprint density at radius 3 is 2.68 bits per heavy atom. The fourth-order valence-corrected chi connectivity index (χ4v) is 3.01. The van der Waals surface area contributed by atoms with Crippen LogP contribution in [0.25, 0.3) is 16.8 Å². The van der Waals surface area contributed by atoms with Crippen molar-refractivity contribution in [3.8, 4) is 5.69 Å². The zero-order valence-corrected chi connectivity index (χ0v) is 13.9. The van der Waals surface area contributed by atoms with Crippen LogP contribution in [-0.4, -0.2) is 21.4 Å². The number of hydrogen-bond donors (Lipinski definition) is 1. The summed E-state index contributed by atoms with van der Waals surface area (Å²) in [7, 11) is 2.05. The minimum atomic E-state index is -0.319. The molecule has 2 aromatic heterocycles. The van der Waals surface area contributed by atoms with Crippen molar-refractivity contribution in [3.63, 3.8) is 0 Å². The molecule has 4 aromatic rings. The van der Waals surface area contributed by atoms with E-state index in [9.17, 15) is 4.79 Å². The zero-order chi connectivity index (χ0) is 17.2. The van der Waals surface area contributed by atoms with E-state index in [4.69, 9.17) is 4.42 Å². The van der Waals surface area contributed by atoms with E-state index in [0.717, 1.165) is 23.3 Å². The van der Waals surface area contributed by atoms with Crippen LogP contribution < -0.4 is 10.7 Å². The summed E-state index contributed by atoms with van der Waals surface area (Å²) in [4.78, 5) is 13.3. The maximum absolute atomic E-state index is 12.1. The number of oxazole rings is 1. The summed E-state index contributed by atoms with van der Waals surface area (Å²) in [5.41, 5.74) is 3.59. The van der Waals surface area contributed by atoms with Crippen molar-refractivity contribution < 1.29 is 9.32 Å². The second-order valence-electron chi connectivity index (χ2n) is 6.18. The summed E-state index contributed by atoms with van der Waals surface area (Å²) >= 11 is 0. The number of aromatic nitrogens is 3. The van der Waals surface area contributed by atoms with Crippen LogP contribution in [0.3, 0.4) is 0 Å². The molecule has 126 valence electrons. The Morgan fingerprint density at radius 2 is 1.84 bits per heavy atom. The molecule has 1 unspecified atom stereocenters. The van der Waals surface area contributed by atoms with Crippen LogP contribution in [0.1, 0.15) is 5.56 Å². The largest absolute Gasteiger partial charge is 0.424 e. The lowest BCUT2D eigenvalue weighted by Gasteiger charge is -2.13. The number of benzene rings is 2. The lowest BCUT2D eigenvalue weighted by atomic mass is 10.3. The standard InChI is InChI=1S/C19H18N4O2/c1-21(14-22-17-9-5-6-10-18(17)25-19(22)24)12-15-11-20-23(13-15)16-7-3-2-4-8-16/h2-11,13H,12,14H2,1H3/p+1. The Kier molecular flexibility index (Phi) is 3.95. The predicted molar refractivity (Wildman–Crippen MR) is 94.6 cm³/mol. The van der Waals surface area contributed by atoms with Crippen molar-refractivity contribution in [2.24, 2.45) is 0 Å². The van der Waals surface area contributed by atoms with Crippen molar-refractivity contribution >= 4 is 11.1 Å². The highest BCUT2D eigenvalue weighted by molar-refractivity contribution is 5.72. The first kappa shape index (κ1) is 15.4. The molecule has 0 saturated heterocycles. The molecular weight excluding hydrogens is 316 g/mol. The normalized spacial score (nSPS) is 12.5. The highest BCUT2D eigenvalue weighted by atomic mass is 16.4. The molecule has 0 aliphatic carbocycles. The summed E-state index contributed by atoms with van der Waals surface area (Å²) in [6, 6.07) is 17.5. The smallest absolute Gasteiger partial charge is 0.408 e. The second-order valence-corrected chi connectivity index (χ2v) is 6.18. The van der Waals surface area contributed by atoms with Gasteiger partial charge < -0.3 is 9.32 Å². The number of para-hydroxylation sites is 3. The lowest BCUT2D eigenvalue weighted by Crippen LogP contribution is -3.07. The van der Waals surface area contributed by atoms with Crippen molar-refractivity contribution in [2.45, 2.75) is 13.2 Å². The van der Waals surface area contributed by atoms with Gasteiger partial charge in [0.2, 0.25) is 0 Å². The minimum Gasteiger partial charge on any atom is -0.408 e. The summed E-state index contributed by atoms with van der Waals surface area (Å²) in [5, 5.41) is 4.42. The maximum atomic E-state index is 12.1. The minimum absolute atomic E-state index is 0.319. The van der Waals surface area contributed by atoms with Gasteiger partial charge in [-0.1, -0.05) is 30.3 Å². The van der Waals surface area contributed by atoms with E-state index in [0.29, 0.717) is 12.3 Å². The summed E-state index contributed by atoms with van der Waals surface area (Å²) < 4.78 is 8.83. The summed E-state index contributed by atoms with van der Waals surface area (Å²) in [6.45, 7) is 1.30. The fraction of sp³-hybridized carbons (Fsp3) is 0.158. The monoisotopic (exact) mass is 335 g/mol. The average Bonchev–Trinajstić information content (AvgIpc) is 3.21. The van der Waals surface area contributed by atoms with Gasteiger partial charge in [0, 0.05) is 11.8 Å². The van der Waals surface area contributed by atoms with Gasteiger partial charge in [0.25, 0.3) is 0 Å². The molecule has 0 bridgehead atoms. The summed E-state index contributed by atoms with van der Waals surface area (Å²) in [5.74, 6) is -0.319. The van der Waals surface area contributed by atoms with Crippen LogP contribution in [0, 0.1) is 0 Å². The lowest BCUT2D eigenvalue weighted by molar-refractivity contribution is -0.916. The summed E-state index contributed by atoms with van der Waals surface area (Å²) in [6.07, 6.45) is 3.89. The molecule has 1 atom stereocenters. The van der Waals surface area contributed by atoms with Gasteiger partial charge in [0.05, 0.1) is 24.4 Å². The topological polar surface area (TPSA) is 57.4 Å². The quantitative estimate of drug-likeness (QED) is 0.601. The van der Waals surface area contributed by atoms with Crippen LogP contribution in [-0.2, 0) is 13.2 Å². The number of rotatable bonds is 5. The van der Waals surface area contributed by atoms with Crippen molar-refractivity contribution in [1.29, 1.82) is 0 Å². The van der Waals surface area contributed by atoms with Crippen molar-refractivity contribution in [2.75, 3.05) is 7.05 Å². The Bertz CT molecular complexity index is 1050. The van der Waals surface area contributed by atoms with E-state index in [-0.39, 0.29) is 5.76 Å². The molecule has 0 spiro atoms. The molecule has 6 heteroatoms. The molecule has 0 saturated carbocycles. The third-order valence-electron chi connectivity index (χ3n) is 4.16. The van der Waals surface area contributed by atoms with Gasteiger partial charge in [-0.3, -0.25) is 0 Å². The molecule has 1 N–H and O–H groups in total. The highest BCUT2D eigenvalue weighted by Gasteiger charge is 2.13. The SMILES string of the molecule is C[NH+](Cc1cnn(-c2ccccc2)c1)Cn1c(=O)oc2ccccc21.